The summed E-state index contributed by atoms with van der Waals surface area (Å²) in [5.41, 5.74) is -0.402. The number of ether oxygens (including phenoxy) is 2. The molecule has 0 spiro atoms. The Bertz CT molecular complexity index is 298. The van der Waals surface area contributed by atoms with Gasteiger partial charge in [-0.3, -0.25) is 4.79 Å². The molecule has 84 valence electrons. The van der Waals surface area contributed by atoms with Gasteiger partial charge in [-0.05, 0) is 20.3 Å². The first-order valence-electron chi connectivity index (χ1n) is 5.64. The number of amides is 1. The highest BCUT2D eigenvalue weighted by Crippen LogP contribution is 2.41. The molecule has 3 rings (SSSR count). The van der Waals surface area contributed by atoms with Crippen molar-refractivity contribution in [1.82, 2.24) is 4.90 Å². The van der Waals surface area contributed by atoms with Crippen LogP contribution in [0.15, 0.2) is 0 Å². The Hall–Kier alpha value is -0.610. The number of carbonyl (C=O) groups excluding carboxylic acids is 1. The number of carbonyl (C=O) groups is 1. The van der Waals surface area contributed by atoms with Crippen molar-refractivity contribution in [2.24, 2.45) is 11.8 Å². The van der Waals surface area contributed by atoms with Crippen molar-refractivity contribution in [3.05, 3.63) is 0 Å². The van der Waals surface area contributed by atoms with Gasteiger partial charge in [-0.15, -0.1) is 0 Å². The van der Waals surface area contributed by atoms with Crippen molar-refractivity contribution in [3.63, 3.8) is 0 Å². The lowest BCUT2D eigenvalue weighted by atomic mass is 9.88. The van der Waals surface area contributed by atoms with E-state index < -0.39 is 5.72 Å². The number of hydrogen-bond acceptors (Lipinski definition) is 3. The molecule has 3 heterocycles. The van der Waals surface area contributed by atoms with E-state index in [2.05, 4.69) is 0 Å². The second-order valence-corrected chi connectivity index (χ2v) is 5.26. The number of hydrogen-bond donors (Lipinski definition) is 0. The van der Waals surface area contributed by atoms with Crippen LogP contribution in [0.25, 0.3) is 0 Å². The fourth-order valence-electron chi connectivity index (χ4n) is 2.96. The minimum Gasteiger partial charge on any atom is -0.381 e. The molecule has 0 aromatic carbocycles. The third-order valence-corrected chi connectivity index (χ3v) is 3.89. The van der Waals surface area contributed by atoms with Crippen LogP contribution in [0.1, 0.15) is 20.3 Å². The summed E-state index contributed by atoms with van der Waals surface area (Å²) < 4.78 is 10.8. The fourth-order valence-corrected chi connectivity index (χ4v) is 2.96. The number of fused-ring (bicyclic) bond motifs is 1. The fraction of sp³-hybridized carbons (Fsp3) is 0.909. The molecule has 0 unspecified atom stereocenters. The lowest BCUT2D eigenvalue weighted by molar-refractivity contribution is -0.152. The van der Waals surface area contributed by atoms with Gasteiger partial charge in [0.25, 0.3) is 0 Å². The van der Waals surface area contributed by atoms with Crippen LogP contribution in [0.3, 0.4) is 0 Å². The zero-order valence-corrected chi connectivity index (χ0v) is 9.23. The summed E-state index contributed by atoms with van der Waals surface area (Å²) in [7, 11) is 0. The summed E-state index contributed by atoms with van der Waals surface area (Å²) in [6.07, 6.45) is 0.955. The maximum atomic E-state index is 12.2. The number of rotatable bonds is 1. The first-order valence-corrected chi connectivity index (χ1v) is 5.64. The summed E-state index contributed by atoms with van der Waals surface area (Å²) in [6.45, 7) is 6.18. The van der Waals surface area contributed by atoms with E-state index in [0.29, 0.717) is 18.6 Å². The zero-order valence-electron chi connectivity index (χ0n) is 9.23. The van der Waals surface area contributed by atoms with Crippen LogP contribution in [0.4, 0.5) is 0 Å². The Morgan fingerprint density at radius 2 is 2.07 bits per heavy atom. The first kappa shape index (κ1) is 9.60. The minimum atomic E-state index is -0.402. The van der Waals surface area contributed by atoms with Crippen molar-refractivity contribution in [2.45, 2.75) is 32.0 Å². The highest BCUT2D eigenvalue weighted by atomic mass is 16.5. The van der Waals surface area contributed by atoms with Gasteiger partial charge in [0, 0.05) is 11.8 Å². The molecule has 0 saturated carbocycles. The Morgan fingerprint density at radius 1 is 1.33 bits per heavy atom. The van der Waals surface area contributed by atoms with Gasteiger partial charge in [-0.2, -0.15) is 0 Å². The average Bonchev–Trinajstić information content (AvgIpc) is 2.52. The van der Waals surface area contributed by atoms with Crippen LogP contribution in [0, 0.1) is 11.8 Å². The summed E-state index contributed by atoms with van der Waals surface area (Å²) in [5, 5.41) is 0. The molecule has 3 fully saturated rings. The van der Waals surface area contributed by atoms with Crippen molar-refractivity contribution in [3.8, 4) is 0 Å². The van der Waals surface area contributed by atoms with Crippen molar-refractivity contribution < 1.29 is 14.3 Å². The molecule has 1 amide bonds. The summed E-state index contributed by atoms with van der Waals surface area (Å²) >= 11 is 0. The van der Waals surface area contributed by atoms with E-state index in [-0.39, 0.29) is 11.8 Å². The van der Waals surface area contributed by atoms with Crippen molar-refractivity contribution in [2.75, 3.05) is 19.8 Å². The van der Waals surface area contributed by atoms with Gasteiger partial charge < -0.3 is 14.4 Å². The highest BCUT2D eigenvalue weighted by molar-refractivity contribution is 5.83. The predicted octanol–water partition coefficient (Wildman–Crippen LogP) is 0.616. The lowest BCUT2D eigenvalue weighted by Crippen LogP contribution is -2.46. The smallest absolute Gasteiger partial charge is 0.228 e. The Balaban J connectivity index is 1.81. The van der Waals surface area contributed by atoms with Gasteiger partial charge in [0.15, 0.2) is 0 Å². The van der Waals surface area contributed by atoms with Crippen LogP contribution >= 0.6 is 0 Å². The van der Waals surface area contributed by atoms with E-state index in [1.807, 2.05) is 18.7 Å². The SMILES string of the molecule is CC1(C)OC[C@@H]2C[C@@H](C3COC3)C(=O)N21. The zero-order chi connectivity index (χ0) is 10.6. The van der Waals surface area contributed by atoms with Gasteiger partial charge in [0.05, 0.1) is 25.9 Å². The predicted molar refractivity (Wildman–Crippen MR) is 53.1 cm³/mol. The summed E-state index contributed by atoms with van der Waals surface area (Å²) in [6, 6.07) is 0.304. The maximum absolute atomic E-state index is 12.2. The first-order chi connectivity index (χ1) is 7.09. The quantitative estimate of drug-likeness (QED) is 0.638. The molecule has 0 bridgehead atoms. The van der Waals surface area contributed by atoms with E-state index in [4.69, 9.17) is 9.47 Å². The van der Waals surface area contributed by atoms with E-state index in [1.165, 1.54) is 0 Å². The molecule has 0 aliphatic carbocycles. The Morgan fingerprint density at radius 3 is 2.60 bits per heavy atom. The van der Waals surface area contributed by atoms with Crippen LogP contribution in [0.2, 0.25) is 0 Å². The monoisotopic (exact) mass is 211 g/mol. The Labute approximate surface area is 89.5 Å². The highest BCUT2D eigenvalue weighted by Gasteiger charge is 2.54. The average molecular weight is 211 g/mol. The van der Waals surface area contributed by atoms with E-state index >= 15 is 0 Å². The summed E-state index contributed by atoms with van der Waals surface area (Å²) in [5.74, 6) is 0.918. The standard InChI is InChI=1S/C11H17NO3/c1-11(2)12-8(6-15-11)3-9(10(12)13)7-4-14-5-7/h7-9H,3-6H2,1-2H3/t8-,9-/m0/s1. The van der Waals surface area contributed by atoms with Gasteiger partial charge in [-0.25, -0.2) is 0 Å². The lowest BCUT2D eigenvalue weighted by Gasteiger charge is -2.33. The third-order valence-electron chi connectivity index (χ3n) is 3.89. The number of nitrogens with zero attached hydrogens (tertiary/aromatic N) is 1. The van der Waals surface area contributed by atoms with Gasteiger partial charge >= 0.3 is 0 Å². The molecule has 3 aliphatic heterocycles. The van der Waals surface area contributed by atoms with Crippen molar-refractivity contribution in [1.29, 1.82) is 0 Å². The van der Waals surface area contributed by atoms with E-state index in [1.54, 1.807) is 0 Å². The van der Waals surface area contributed by atoms with Crippen LogP contribution < -0.4 is 0 Å². The van der Waals surface area contributed by atoms with E-state index in [0.717, 1.165) is 19.6 Å². The molecular weight excluding hydrogens is 194 g/mol. The van der Waals surface area contributed by atoms with Crippen LogP contribution in [0.5, 0.6) is 0 Å². The minimum absolute atomic E-state index is 0.187. The molecule has 15 heavy (non-hydrogen) atoms. The molecule has 0 radical (unpaired) electrons. The Kier molecular flexibility index (Phi) is 1.89. The normalized spacial score (nSPS) is 39.3. The molecule has 3 saturated heterocycles. The molecule has 2 atom stereocenters. The van der Waals surface area contributed by atoms with Crippen molar-refractivity contribution >= 4 is 5.91 Å². The maximum Gasteiger partial charge on any atom is 0.228 e. The second-order valence-electron chi connectivity index (χ2n) is 5.26. The molecule has 4 nitrogen and oxygen atoms in total. The van der Waals surface area contributed by atoms with Gasteiger partial charge in [-0.1, -0.05) is 0 Å². The molecule has 3 aliphatic rings. The summed E-state index contributed by atoms with van der Waals surface area (Å²) in [4.78, 5) is 14.2. The van der Waals surface area contributed by atoms with E-state index in [9.17, 15) is 4.79 Å². The third kappa shape index (κ3) is 1.24. The van der Waals surface area contributed by atoms with Gasteiger partial charge in [0.1, 0.15) is 5.72 Å². The van der Waals surface area contributed by atoms with Crippen LogP contribution in [-0.4, -0.2) is 42.4 Å². The molecule has 0 aromatic heterocycles. The molecule has 4 heteroatoms. The van der Waals surface area contributed by atoms with Crippen LogP contribution in [-0.2, 0) is 14.3 Å². The molecular formula is C11H17NO3. The van der Waals surface area contributed by atoms with Gasteiger partial charge in [0.2, 0.25) is 5.91 Å². The topological polar surface area (TPSA) is 38.8 Å². The molecule has 0 N–H and O–H groups in total. The largest absolute Gasteiger partial charge is 0.381 e. The molecule has 0 aromatic rings. The second kappa shape index (κ2) is 2.95.